The lowest BCUT2D eigenvalue weighted by atomic mass is 9.88. The summed E-state index contributed by atoms with van der Waals surface area (Å²) < 4.78 is 33.6. The molecule has 49 heavy (non-hydrogen) atoms. The highest BCUT2D eigenvalue weighted by Gasteiger charge is 2.45. The van der Waals surface area contributed by atoms with E-state index in [1.165, 1.54) is 0 Å². The van der Waals surface area contributed by atoms with Crippen molar-refractivity contribution in [3.8, 4) is 11.1 Å². The third-order valence-corrected chi connectivity index (χ3v) is 12.7. The van der Waals surface area contributed by atoms with Crippen LogP contribution < -0.4 is 4.90 Å². The minimum atomic E-state index is -1.28. The van der Waals surface area contributed by atoms with Crippen LogP contribution in [0.1, 0.15) is 63.8 Å². The van der Waals surface area contributed by atoms with Gasteiger partial charge in [0, 0.05) is 76.4 Å². The lowest BCUT2D eigenvalue weighted by molar-refractivity contribution is 0.00569. The van der Waals surface area contributed by atoms with E-state index in [1.54, 1.807) is 12.3 Å². The average Bonchev–Trinajstić information content (AvgIpc) is 3.56. The second kappa shape index (κ2) is 15.2. The lowest BCUT2D eigenvalue weighted by Gasteiger charge is -2.39. The Kier molecular flexibility index (Phi) is 11.6. The number of carbonyl (C=O) groups excluding carboxylic acids is 1. The van der Waals surface area contributed by atoms with Gasteiger partial charge in [-0.2, -0.15) is 9.61 Å². The van der Waals surface area contributed by atoms with Crippen LogP contribution in [0.2, 0.25) is 51.4 Å². The fourth-order valence-corrected chi connectivity index (χ4v) is 8.09. The first-order chi connectivity index (χ1) is 23.0. The van der Waals surface area contributed by atoms with Gasteiger partial charge in [-0.15, -0.1) is 0 Å². The van der Waals surface area contributed by atoms with E-state index < -0.39 is 28.4 Å². The second-order valence-electron chi connectivity index (χ2n) is 17.2. The average molecular weight is 713 g/mol. The summed E-state index contributed by atoms with van der Waals surface area (Å²) in [5.74, 6) is 1.000. The molecule has 2 fully saturated rings. The van der Waals surface area contributed by atoms with Crippen LogP contribution in [0.4, 0.5) is 15.0 Å². The minimum Gasteiger partial charge on any atom is -0.444 e. The molecule has 3 aromatic rings. The van der Waals surface area contributed by atoms with Gasteiger partial charge in [-0.25, -0.2) is 14.2 Å². The molecular formula is C36H57FN6O4Si2. The molecule has 0 aliphatic carbocycles. The normalized spacial score (nSPS) is 19.9. The molecule has 0 saturated carbocycles. The summed E-state index contributed by atoms with van der Waals surface area (Å²) in [6.07, 6.45) is 6.83. The lowest BCUT2D eigenvalue weighted by Crippen LogP contribution is -2.48. The molecule has 0 radical (unpaired) electrons. The Labute approximate surface area is 293 Å². The number of fused-ring (bicyclic) bond motifs is 3. The molecule has 2 bridgehead atoms. The van der Waals surface area contributed by atoms with Crippen LogP contribution in [0, 0.1) is 0 Å². The Morgan fingerprint density at radius 3 is 2.08 bits per heavy atom. The quantitative estimate of drug-likeness (QED) is 0.0936. The molecule has 1 amide bonds. The number of piperidine rings is 1. The van der Waals surface area contributed by atoms with E-state index in [1.807, 2.05) is 42.4 Å². The summed E-state index contributed by atoms with van der Waals surface area (Å²) in [4.78, 5) is 26.9. The van der Waals surface area contributed by atoms with Gasteiger partial charge in [-0.1, -0.05) is 45.3 Å². The molecule has 3 aromatic heterocycles. The van der Waals surface area contributed by atoms with E-state index in [2.05, 4.69) is 55.2 Å². The number of anilines is 1. The number of alkyl halides is 1. The van der Waals surface area contributed by atoms with Crippen LogP contribution in [0.25, 0.3) is 16.8 Å². The highest BCUT2D eigenvalue weighted by molar-refractivity contribution is 6.76. The number of nitrogens with zero attached hydrogens (tertiary/aromatic N) is 6. The van der Waals surface area contributed by atoms with Crippen LogP contribution in [0.15, 0.2) is 30.6 Å². The summed E-state index contributed by atoms with van der Waals surface area (Å²) in [7, 11) is -2.55. The maximum Gasteiger partial charge on any atom is 0.410 e. The van der Waals surface area contributed by atoms with Crippen molar-refractivity contribution < 1.29 is 23.4 Å². The molecule has 2 aliphatic rings. The first kappa shape index (κ1) is 37.4. The zero-order chi connectivity index (χ0) is 35.6. The van der Waals surface area contributed by atoms with Crippen LogP contribution >= 0.6 is 0 Å². The SMILES string of the molecule is CC(C)(C)OC(=O)N1[C@@H]2CC[C@H]1CC(c1cc(N(COCC[Si](C)(C)C)COCC[Si](C)(C)C)n3ncc(-c4ccc(CF)nc4)c3n1)C2. The Morgan fingerprint density at radius 1 is 0.959 bits per heavy atom. The van der Waals surface area contributed by atoms with Crippen molar-refractivity contribution in [2.75, 3.05) is 31.6 Å². The predicted octanol–water partition coefficient (Wildman–Crippen LogP) is 8.34. The van der Waals surface area contributed by atoms with Gasteiger partial charge in [0.1, 0.15) is 31.6 Å². The van der Waals surface area contributed by atoms with Crippen molar-refractivity contribution in [2.24, 2.45) is 0 Å². The van der Waals surface area contributed by atoms with Gasteiger partial charge in [0.05, 0.1) is 11.9 Å². The Hall–Kier alpha value is -2.88. The van der Waals surface area contributed by atoms with Gasteiger partial charge in [-0.3, -0.25) is 4.98 Å². The summed E-state index contributed by atoms with van der Waals surface area (Å²) in [5.41, 5.74) is 3.17. The van der Waals surface area contributed by atoms with Crippen molar-refractivity contribution in [1.29, 1.82) is 0 Å². The van der Waals surface area contributed by atoms with Crippen LogP contribution in [-0.4, -0.2) is 91.1 Å². The van der Waals surface area contributed by atoms with Gasteiger partial charge in [-0.05, 0) is 64.6 Å². The Bertz CT molecular complexity index is 1530. The van der Waals surface area contributed by atoms with E-state index >= 15 is 0 Å². The first-order valence-electron chi connectivity index (χ1n) is 17.8. The summed E-state index contributed by atoms with van der Waals surface area (Å²) in [5, 5.41) is 4.84. The van der Waals surface area contributed by atoms with E-state index in [4.69, 9.17) is 24.3 Å². The summed E-state index contributed by atoms with van der Waals surface area (Å²) in [6, 6.07) is 8.08. The minimum absolute atomic E-state index is 0.104. The van der Waals surface area contributed by atoms with Gasteiger partial charge in [0.15, 0.2) is 5.65 Å². The highest BCUT2D eigenvalue weighted by atomic mass is 28.3. The van der Waals surface area contributed by atoms with Crippen molar-refractivity contribution in [1.82, 2.24) is 24.5 Å². The van der Waals surface area contributed by atoms with E-state index in [9.17, 15) is 9.18 Å². The van der Waals surface area contributed by atoms with Crippen molar-refractivity contribution >= 4 is 33.7 Å². The molecule has 3 atom stereocenters. The number of aromatic nitrogens is 4. The molecule has 270 valence electrons. The fraction of sp³-hybridized carbons (Fsp3) is 0.667. The molecule has 0 spiro atoms. The van der Waals surface area contributed by atoms with Crippen molar-refractivity contribution in [3.63, 3.8) is 0 Å². The van der Waals surface area contributed by atoms with Crippen molar-refractivity contribution in [3.05, 3.63) is 42.0 Å². The number of pyridine rings is 1. The van der Waals surface area contributed by atoms with Gasteiger partial charge in [0.25, 0.3) is 0 Å². The van der Waals surface area contributed by atoms with Gasteiger partial charge >= 0.3 is 6.09 Å². The monoisotopic (exact) mass is 712 g/mol. The predicted molar refractivity (Wildman–Crippen MR) is 198 cm³/mol. The third kappa shape index (κ3) is 9.89. The van der Waals surface area contributed by atoms with Crippen LogP contribution in [0.5, 0.6) is 0 Å². The highest BCUT2D eigenvalue weighted by Crippen LogP contribution is 2.44. The molecule has 0 aromatic carbocycles. The maximum atomic E-state index is 13.3. The number of ether oxygens (including phenoxy) is 3. The molecule has 2 aliphatic heterocycles. The molecule has 10 nitrogen and oxygen atoms in total. The number of carbonyl (C=O) groups is 1. The van der Waals surface area contributed by atoms with Crippen LogP contribution in [0.3, 0.4) is 0 Å². The molecule has 5 rings (SSSR count). The first-order valence-corrected chi connectivity index (χ1v) is 25.2. The van der Waals surface area contributed by atoms with E-state index in [0.717, 1.165) is 60.4 Å². The standard InChI is InChI=1S/C36H57FN6O4Si2/c1-36(2,3)47-35(44)42-29-12-13-30(42)19-27(18-29)32-20-33(41(24-45-14-16-48(4,5)6)25-46-15-17-49(7,8)9)43-34(40-32)31(23-39-43)26-10-11-28(21-37)38-22-26/h10-11,20,22-23,27,29-30H,12-19,21,24-25H2,1-9H3/t27?,29-,30+. The fourth-order valence-electron chi connectivity index (χ4n) is 6.57. The molecule has 0 N–H and O–H groups in total. The summed E-state index contributed by atoms with van der Waals surface area (Å²) in [6.45, 7) is 21.4. The topological polar surface area (TPSA) is 94.3 Å². The number of rotatable bonds is 14. The zero-order valence-electron chi connectivity index (χ0n) is 31.1. The maximum absolute atomic E-state index is 13.3. The molecule has 13 heteroatoms. The molecule has 5 heterocycles. The van der Waals surface area contributed by atoms with Crippen molar-refractivity contribution in [2.45, 2.75) is 128 Å². The molecule has 1 unspecified atom stereocenters. The zero-order valence-corrected chi connectivity index (χ0v) is 33.1. The Balaban J connectivity index is 1.51. The van der Waals surface area contributed by atoms with Gasteiger partial charge < -0.3 is 24.0 Å². The number of amides is 1. The van der Waals surface area contributed by atoms with E-state index in [-0.39, 0.29) is 24.1 Å². The third-order valence-electron chi connectivity index (χ3n) is 9.31. The molecule has 2 saturated heterocycles. The number of halogens is 1. The Morgan fingerprint density at radius 2 is 1.57 bits per heavy atom. The largest absolute Gasteiger partial charge is 0.444 e. The smallest absolute Gasteiger partial charge is 0.410 e. The van der Waals surface area contributed by atoms with Crippen LogP contribution in [-0.2, 0) is 20.9 Å². The second-order valence-corrected chi connectivity index (χ2v) is 28.4. The number of hydrogen-bond acceptors (Lipinski definition) is 8. The molecular weight excluding hydrogens is 656 g/mol. The van der Waals surface area contributed by atoms with Gasteiger partial charge in [0.2, 0.25) is 0 Å². The number of hydrogen-bond donors (Lipinski definition) is 0. The summed E-state index contributed by atoms with van der Waals surface area (Å²) >= 11 is 0. The van der Waals surface area contributed by atoms with E-state index in [0.29, 0.717) is 38.0 Å².